The van der Waals surface area contributed by atoms with Crippen LogP contribution in [-0.2, 0) is 4.79 Å². The largest absolute Gasteiger partial charge is 0.351 e. The van der Waals surface area contributed by atoms with E-state index in [1.54, 1.807) is 6.92 Å². The Kier molecular flexibility index (Phi) is 4.20. The minimum Gasteiger partial charge on any atom is -0.351 e. The molecule has 0 aromatic heterocycles. The molecule has 1 rings (SSSR count). The maximum absolute atomic E-state index is 11.3. The summed E-state index contributed by atoms with van der Waals surface area (Å²) < 4.78 is 0. The smallest absolute Gasteiger partial charge is 0.238 e. The van der Waals surface area contributed by atoms with E-state index in [4.69, 9.17) is 11.6 Å². The third-order valence-corrected chi connectivity index (χ3v) is 2.86. The lowest BCUT2D eigenvalue weighted by Crippen LogP contribution is -2.41. The van der Waals surface area contributed by atoms with Crippen molar-refractivity contribution in [1.29, 1.82) is 0 Å². The van der Waals surface area contributed by atoms with Gasteiger partial charge in [-0.2, -0.15) is 0 Å². The van der Waals surface area contributed by atoms with Gasteiger partial charge in [0.25, 0.3) is 0 Å². The zero-order valence-electron chi connectivity index (χ0n) is 9.09. The molecule has 0 aromatic rings. The molecule has 1 saturated heterocycles. The van der Waals surface area contributed by atoms with E-state index in [0.29, 0.717) is 6.04 Å². The minimum atomic E-state index is -0.428. The van der Waals surface area contributed by atoms with E-state index >= 15 is 0 Å². The summed E-state index contributed by atoms with van der Waals surface area (Å²) >= 11 is 5.68. The molecule has 0 bridgehead atoms. The number of nitrogens with zero attached hydrogens (tertiary/aromatic N) is 1. The number of hydrogen-bond donors (Lipinski definition) is 1. The molecule has 14 heavy (non-hydrogen) atoms. The van der Waals surface area contributed by atoms with Crippen molar-refractivity contribution in [2.75, 3.05) is 13.1 Å². The lowest BCUT2D eigenvalue weighted by atomic mass is 10.2. The van der Waals surface area contributed by atoms with Crippen LogP contribution in [0, 0.1) is 0 Å². The zero-order valence-corrected chi connectivity index (χ0v) is 9.84. The Hall–Kier alpha value is -0.280. The number of hydrogen-bond acceptors (Lipinski definition) is 2. The molecule has 2 atom stereocenters. The first kappa shape index (κ1) is 11.8. The highest BCUT2D eigenvalue weighted by atomic mass is 35.5. The highest BCUT2D eigenvalue weighted by Crippen LogP contribution is 2.12. The lowest BCUT2D eigenvalue weighted by molar-refractivity contribution is -0.121. The summed E-state index contributed by atoms with van der Waals surface area (Å²) in [6.45, 7) is 8.07. The molecular formula is C10H19ClN2O. The fraction of sp³-hybridized carbons (Fsp3) is 0.900. The summed E-state index contributed by atoms with van der Waals surface area (Å²) in [6.07, 6.45) is 1.04. The second-order valence-corrected chi connectivity index (χ2v) is 4.85. The van der Waals surface area contributed by atoms with Crippen molar-refractivity contribution in [3.8, 4) is 0 Å². The summed E-state index contributed by atoms with van der Waals surface area (Å²) in [5.74, 6) is -0.0535. The first-order valence-electron chi connectivity index (χ1n) is 5.19. The van der Waals surface area contributed by atoms with Crippen LogP contribution in [0.4, 0.5) is 0 Å². The Morgan fingerprint density at radius 3 is 2.57 bits per heavy atom. The third-order valence-electron chi connectivity index (χ3n) is 2.66. The van der Waals surface area contributed by atoms with Crippen molar-refractivity contribution in [2.45, 2.75) is 44.7 Å². The van der Waals surface area contributed by atoms with Gasteiger partial charge < -0.3 is 5.32 Å². The molecule has 1 heterocycles. The van der Waals surface area contributed by atoms with Crippen LogP contribution in [-0.4, -0.2) is 41.4 Å². The van der Waals surface area contributed by atoms with Crippen LogP contribution >= 0.6 is 11.6 Å². The zero-order chi connectivity index (χ0) is 10.7. The van der Waals surface area contributed by atoms with Crippen LogP contribution in [0.2, 0.25) is 0 Å². The molecule has 4 heteroatoms. The molecule has 0 saturated carbocycles. The summed E-state index contributed by atoms with van der Waals surface area (Å²) in [7, 11) is 0. The normalized spacial score (nSPS) is 25.4. The standard InChI is InChI=1S/C10H19ClN2O/c1-7(2)13-5-4-9(6-13)12-10(14)8(3)11/h7-9H,4-6H2,1-3H3,(H,12,14). The fourth-order valence-corrected chi connectivity index (χ4v) is 1.75. The van der Waals surface area contributed by atoms with E-state index in [-0.39, 0.29) is 11.9 Å². The number of carbonyl (C=O) groups is 1. The highest BCUT2D eigenvalue weighted by molar-refractivity contribution is 6.30. The quantitative estimate of drug-likeness (QED) is 0.723. The number of rotatable bonds is 3. The lowest BCUT2D eigenvalue weighted by Gasteiger charge is -2.20. The molecule has 82 valence electrons. The van der Waals surface area contributed by atoms with Crippen molar-refractivity contribution < 1.29 is 4.79 Å². The minimum absolute atomic E-state index is 0.0535. The monoisotopic (exact) mass is 218 g/mol. The Balaban J connectivity index is 2.32. The molecule has 0 aromatic carbocycles. The van der Waals surface area contributed by atoms with E-state index in [2.05, 4.69) is 24.1 Å². The number of nitrogens with one attached hydrogen (secondary N) is 1. The van der Waals surface area contributed by atoms with E-state index in [1.165, 1.54) is 0 Å². The molecule has 1 fully saturated rings. The molecule has 1 aliphatic rings. The van der Waals surface area contributed by atoms with Crippen LogP contribution in [0.25, 0.3) is 0 Å². The summed E-state index contributed by atoms with van der Waals surface area (Å²) in [4.78, 5) is 13.7. The third kappa shape index (κ3) is 3.14. The predicted molar refractivity (Wildman–Crippen MR) is 58.6 cm³/mol. The molecule has 2 unspecified atom stereocenters. The van der Waals surface area contributed by atoms with Crippen molar-refractivity contribution in [3.05, 3.63) is 0 Å². The highest BCUT2D eigenvalue weighted by Gasteiger charge is 2.25. The van der Waals surface area contributed by atoms with Crippen LogP contribution in [0.3, 0.4) is 0 Å². The number of likely N-dealkylation sites (tertiary alicyclic amines) is 1. The molecule has 0 aliphatic carbocycles. The summed E-state index contributed by atoms with van der Waals surface area (Å²) in [5, 5.41) is 2.52. The van der Waals surface area contributed by atoms with Crippen LogP contribution < -0.4 is 5.32 Å². The van der Waals surface area contributed by atoms with Crippen LogP contribution in [0.5, 0.6) is 0 Å². The number of carbonyl (C=O) groups excluding carboxylic acids is 1. The van der Waals surface area contributed by atoms with Crippen molar-refractivity contribution in [3.63, 3.8) is 0 Å². The number of halogens is 1. The average Bonchev–Trinajstić information content (AvgIpc) is 2.52. The van der Waals surface area contributed by atoms with Gasteiger partial charge in [-0.05, 0) is 27.2 Å². The molecule has 0 spiro atoms. The van der Waals surface area contributed by atoms with Gasteiger partial charge in [0.15, 0.2) is 0 Å². The van der Waals surface area contributed by atoms with Crippen molar-refractivity contribution in [2.24, 2.45) is 0 Å². The Morgan fingerprint density at radius 2 is 2.14 bits per heavy atom. The van der Waals surface area contributed by atoms with E-state index in [1.807, 2.05) is 0 Å². The first-order valence-corrected chi connectivity index (χ1v) is 5.63. The molecular weight excluding hydrogens is 200 g/mol. The van der Waals surface area contributed by atoms with Crippen molar-refractivity contribution in [1.82, 2.24) is 10.2 Å². The molecule has 1 aliphatic heterocycles. The van der Waals surface area contributed by atoms with Gasteiger partial charge in [-0.1, -0.05) is 0 Å². The van der Waals surface area contributed by atoms with Gasteiger partial charge in [0, 0.05) is 25.2 Å². The van der Waals surface area contributed by atoms with Gasteiger partial charge in [0.1, 0.15) is 5.38 Å². The first-order chi connectivity index (χ1) is 6.50. The second-order valence-electron chi connectivity index (χ2n) is 4.20. The molecule has 0 radical (unpaired) electrons. The van der Waals surface area contributed by atoms with Crippen molar-refractivity contribution >= 4 is 17.5 Å². The molecule has 3 nitrogen and oxygen atoms in total. The van der Waals surface area contributed by atoms with E-state index in [0.717, 1.165) is 19.5 Å². The summed E-state index contributed by atoms with van der Waals surface area (Å²) in [5.41, 5.74) is 0. The molecule has 1 N–H and O–H groups in total. The van der Waals surface area contributed by atoms with Gasteiger partial charge in [-0.25, -0.2) is 0 Å². The SMILES string of the molecule is CC(Cl)C(=O)NC1CCN(C(C)C)C1. The number of amides is 1. The van der Waals surface area contributed by atoms with Gasteiger partial charge in [0.2, 0.25) is 5.91 Å². The Labute approximate surface area is 90.8 Å². The van der Waals surface area contributed by atoms with Crippen LogP contribution in [0.1, 0.15) is 27.2 Å². The van der Waals surface area contributed by atoms with Crippen LogP contribution in [0.15, 0.2) is 0 Å². The van der Waals surface area contributed by atoms with Gasteiger partial charge in [-0.3, -0.25) is 9.69 Å². The predicted octanol–water partition coefficient (Wildman–Crippen LogP) is 1.21. The maximum atomic E-state index is 11.3. The van der Waals surface area contributed by atoms with Gasteiger partial charge >= 0.3 is 0 Å². The maximum Gasteiger partial charge on any atom is 0.238 e. The van der Waals surface area contributed by atoms with Gasteiger partial charge in [0.05, 0.1) is 0 Å². The fourth-order valence-electron chi connectivity index (χ4n) is 1.69. The second kappa shape index (κ2) is 4.99. The topological polar surface area (TPSA) is 32.3 Å². The van der Waals surface area contributed by atoms with Gasteiger partial charge in [-0.15, -0.1) is 11.6 Å². The average molecular weight is 219 g/mol. The Bertz CT molecular complexity index is 206. The Morgan fingerprint density at radius 1 is 1.50 bits per heavy atom. The van der Waals surface area contributed by atoms with E-state index in [9.17, 15) is 4.79 Å². The van der Waals surface area contributed by atoms with E-state index < -0.39 is 5.38 Å². The summed E-state index contributed by atoms with van der Waals surface area (Å²) in [6, 6.07) is 0.844. The molecule has 1 amide bonds. The number of alkyl halides is 1.